The van der Waals surface area contributed by atoms with Crippen LogP contribution in [0, 0.1) is 5.92 Å². The summed E-state index contributed by atoms with van der Waals surface area (Å²) in [4.78, 5) is 14.5. The van der Waals surface area contributed by atoms with Crippen LogP contribution in [0.3, 0.4) is 0 Å². The van der Waals surface area contributed by atoms with Crippen LogP contribution in [0.5, 0.6) is 0 Å². The molecule has 3 rings (SSSR count). The number of carbonyl (C=O) groups excluding carboxylic acids is 1. The van der Waals surface area contributed by atoms with Gasteiger partial charge in [0, 0.05) is 38.7 Å². The van der Waals surface area contributed by atoms with Crippen LogP contribution in [-0.4, -0.2) is 72.6 Å². The number of thiophene rings is 1. The molecule has 0 aromatic carbocycles. The normalized spacial score (nSPS) is 26.0. The van der Waals surface area contributed by atoms with Crippen LogP contribution >= 0.6 is 11.3 Å². The molecule has 0 bridgehead atoms. The molecule has 2 fully saturated rings. The Bertz CT molecular complexity index is 696. The number of aliphatic hydroxyl groups excluding tert-OH is 2. The second kappa shape index (κ2) is 7.09. The number of likely N-dealkylation sites (tertiary alicyclic amines) is 1. The number of carbonyl (C=O) groups is 1. The zero-order valence-corrected chi connectivity index (χ0v) is 14.9. The lowest BCUT2D eigenvalue weighted by Crippen LogP contribution is -2.47. The summed E-state index contributed by atoms with van der Waals surface area (Å²) in [5.41, 5.74) is 0. The van der Waals surface area contributed by atoms with E-state index in [0.29, 0.717) is 26.1 Å². The Hall–Kier alpha value is -1.00. The summed E-state index contributed by atoms with van der Waals surface area (Å²) in [6.45, 7) is 1.39. The molecular weight excluding hydrogens is 352 g/mol. The first-order chi connectivity index (χ1) is 11.4. The van der Waals surface area contributed by atoms with Gasteiger partial charge in [0.1, 0.15) is 9.77 Å². The zero-order chi connectivity index (χ0) is 17.3. The zero-order valence-electron chi connectivity index (χ0n) is 13.3. The van der Waals surface area contributed by atoms with Gasteiger partial charge in [-0.2, -0.15) is 4.31 Å². The smallest absolute Gasteiger partial charge is 0.265 e. The van der Waals surface area contributed by atoms with E-state index in [1.807, 2.05) is 0 Å². The SMILES string of the molecule is O=C(c1sccc1S(=O)(=O)N1CCCC1)N1CC[C@H](CO)[C@H](O)C1. The number of hydrogen-bond donors (Lipinski definition) is 2. The third kappa shape index (κ3) is 3.23. The molecule has 134 valence electrons. The molecule has 0 radical (unpaired) electrons. The van der Waals surface area contributed by atoms with Gasteiger partial charge in [0.25, 0.3) is 5.91 Å². The summed E-state index contributed by atoms with van der Waals surface area (Å²) in [6, 6.07) is 1.49. The largest absolute Gasteiger partial charge is 0.396 e. The molecule has 2 aliphatic heterocycles. The van der Waals surface area contributed by atoms with E-state index in [1.54, 1.807) is 5.38 Å². The molecule has 3 heterocycles. The van der Waals surface area contributed by atoms with Gasteiger partial charge in [0.05, 0.1) is 6.10 Å². The molecule has 1 amide bonds. The van der Waals surface area contributed by atoms with Gasteiger partial charge in [-0.1, -0.05) is 0 Å². The first kappa shape index (κ1) is 17.8. The van der Waals surface area contributed by atoms with Gasteiger partial charge >= 0.3 is 0 Å². The molecule has 1 aromatic heterocycles. The number of amides is 1. The highest BCUT2D eigenvalue weighted by Gasteiger charge is 2.35. The van der Waals surface area contributed by atoms with E-state index in [9.17, 15) is 23.4 Å². The Morgan fingerprint density at radius 1 is 1.29 bits per heavy atom. The van der Waals surface area contributed by atoms with Crippen molar-refractivity contribution in [3.05, 3.63) is 16.3 Å². The highest BCUT2D eigenvalue weighted by atomic mass is 32.2. The summed E-state index contributed by atoms with van der Waals surface area (Å²) < 4.78 is 26.9. The number of β-amino-alcohol motifs (C(OH)–C–C–N with tert-alkyl or cyclic N) is 1. The van der Waals surface area contributed by atoms with E-state index >= 15 is 0 Å². The Labute approximate surface area is 145 Å². The number of aliphatic hydroxyl groups is 2. The number of piperidine rings is 1. The number of rotatable bonds is 4. The lowest BCUT2D eigenvalue weighted by Gasteiger charge is -2.35. The van der Waals surface area contributed by atoms with Gasteiger partial charge in [-0.15, -0.1) is 11.3 Å². The van der Waals surface area contributed by atoms with Crippen molar-refractivity contribution in [3.63, 3.8) is 0 Å². The second-order valence-electron chi connectivity index (χ2n) is 6.28. The fourth-order valence-electron chi connectivity index (χ4n) is 3.25. The average molecular weight is 374 g/mol. The van der Waals surface area contributed by atoms with Crippen molar-refractivity contribution >= 4 is 27.3 Å². The van der Waals surface area contributed by atoms with Crippen molar-refractivity contribution < 1.29 is 23.4 Å². The highest BCUT2D eigenvalue weighted by Crippen LogP contribution is 2.30. The lowest BCUT2D eigenvalue weighted by molar-refractivity contribution is 0.000935. The first-order valence-electron chi connectivity index (χ1n) is 8.11. The monoisotopic (exact) mass is 374 g/mol. The summed E-state index contributed by atoms with van der Waals surface area (Å²) in [7, 11) is -3.64. The quantitative estimate of drug-likeness (QED) is 0.792. The predicted octanol–water partition coefficient (Wildman–Crippen LogP) is 0.348. The Balaban J connectivity index is 1.81. The molecule has 0 saturated carbocycles. The summed E-state index contributed by atoms with van der Waals surface area (Å²) in [5, 5.41) is 20.8. The molecule has 0 spiro atoms. The third-order valence-electron chi connectivity index (χ3n) is 4.75. The van der Waals surface area contributed by atoms with Crippen molar-refractivity contribution in [1.29, 1.82) is 0 Å². The predicted molar refractivity (Wildman–Crippen MR) is 89.4 cm³/mol. The Morgan fingerprint density at radius 3 is 2.62 bits per heavy atom. The lowest BCUT2D eigenvalue weighted by atomic mass is 9.95. The molecule has 2 N–H and O–H groups in total. The number of hydrogen-bond acceptors (Lipinski definition) is 6. The van der Waals surface area contributed by atoms with E-state index in [-0.39, 0.29) is 34.7 Å². The van der Waals surface area contributed by atoms with Crippen molar-refractivity contribution in [3.8, 4) is 0 Å². The fourth-order valence-corrected chi connectivity index (χ4v) is 6.12. The topological polar surface area (TPSA) is 98.2 Å². The van der Waals surface area contributed by atoms with E-state index in [2.05, 4.69) is 0 Å². The molecular formula is C15H22N2O5S2. The van der Waals surface area contributed by atoms with Crippen LogP contribution in [-0.2, 0) is 10.0 Å². The van der Waals surface area contributed by atoms with Crippen molar-refractivity contribution in [2.75, 3.05) is 32.8 Å². The van der Waals surface area contributed by atoms with E-state index in [0.717, 1.165) is 24.2 Å². The molecule has 2 saturated heterocycles. The second-order valence-corrected chi connectivity index (χ2v) is 9.10. The maximum Gasteiger partial charge on any atom is 0.265 e. The van der Waals surface area contributed by atoms with Crippen LogP contribution in [0.2, 0.25) is 0 Å². The molecule has 9 heteroatoms. The van der Waals surface area contributed by atoms with Gasteiger partial charge in [-0.3, -0.25) is 4.79 Å². The molecule has 0 aliphatic carbocycles. The van der Waals surface area contributed by atoms with Gasteiger partial charge in [0.15, 0.2) is 0 Å². The minimum atomic E-state index is -3.64. The maximum absolute atomic E-state index is 12.8. The Kier molecular flexibility index (Phi) is 5.26. The van der Waals surface area contributed by atoms with Gasteiger partial charge in [0.2, 0.25) is 10.0 Å². The van der Waals surface area contributed by atoms with Crippen LogP contribution < -0.4 is 0 Å². The molecule has 0 unspecified atom stereocenters. The summed E-state index contributed by atoms with van der Waals surface area (Å²) in [5.74, 6) is -0.594. The minimum Gasteiger partial charge on any atom is -0.396 e. The standard InChI is InChI=1S/C15H22N2O5S2/c18-10-11-3-7-16(9-12(11)19)15(20)14-13(4-8-23-14)24(21,22)17-5-1-2-6-17/h4,8,11-12,18-19H,1-3,5-7,9-10H2/t11-,12-/m1/s1. The van der Waals surface area contributed by atoms with Crippen LogP contribution in [0.15, 0.2) is 16.3 Å². The fraction of sp³-hybridized carbons (Fsp3) is 0.667. The third-order valence-corrected chi connectivity index (χ3v) is 7.72. The van der Waals surface area contributed by atoms with E-state index < -0.39 is 16.1 Å². The maximum atomic E-state index is 12.8. The van der Waals surface area contributed by atoms with Crippen LogP contribution in [0.4, 0.5) is 0 Å². The summed E-state index contributed by atoms with van der Waals surface area (Å²) in [6.07, 6.45) is 1.40. The van der Waals surface area contributed by atoms with Crippen LogP contribution in [0.25, 0.3) is 0 Å². The number of nitrogens with zero attached hydrogens (tertiary/aromatic N) is 2. The summed E-state index contributed by atoms with van der Waals surface area (Å²) >= 11 is 1.12. The van der Waals surface area contributed by atoms with Crippen molar-refractivity contribution in [1.82, 2.24) is 9.21 Å². The van der Waals surface area contributed by atoms with Crippen LogP contribution in [0.1, 0.15) is 28.9 Å². The molecule has 7 nitrogen and oxygen atoms in total. The molecule has 1 aromatic rings. The number of sulfonamides is 1. The Morgan fingerprint density at radius 2 is 2.00 bits per heavy atom. The van der Waals surface area contributed by atoms with Gasteiger partial charge in [-0.25, -0.2) is 8.42 Å². The van der Waals surface area contributed by atoms with Crippen molar-refractivity contribution in [2.45, 2.75) is 30.3 Å². The first-order valence-corrected chi connectivity index (χ1v) is 10.4. The molecule has 2 atom stereocenters. The van der Waals surface area contributed by atoms with Crippen molar-refractivity contribution in [2.24, 2.45) is 5.92 Å². The molecule has 2 aliphatic rings. The minimum absolute atomic E-state index is 0.0678. The van der Waals surface area contributed by atoms with Gasteiger partial charge < -0.3 is 15.1 Å². The van der Waals surface area contributed by atoms with Gasteiger partial charge in [-0.05, 0) is 30.7 Å². The van der Waals surface area contributed by atoms with E-state index in [4.69, 9.17) is 0 Å². The molecule has 24 heavy (non-hydrogen) atoms. The highest BCUT2D eigenvalue weighted by molar-refractivity contribution is 7.89. The van der Waals surface area contributed by atoms with E-state index in [1.165, 1.54) is 15.3 Å². The average Bonchev–Trinajstić information content (AvgIpc) is 3.25.